The van der Waals surface area contributed by atoms with Gasteiger partial charge in [0.25, 0.3) is 0 Å². The molecule has 0 aromatic heterocycles. The highest BCUT2D eigenvalue weighted by atomic mass is 32.2. The minimum Gasteiger partial charge on any atom is -0.343 e. The molecule has 1 aromatic rings. The van der Waals surface area contributed by atoms with Crippen LogP contribution < -0.4 is 4.72 Å². The maximum atomic E-state index is 12.7. The third-order valence-corrected chi connectivity index (χ3v) is 7.88. The fourth-order valence-electron chi connectivity index (χ4n) is 4.19. The molecule has 3 rings (SSSR count). The number of hydrogen-bond donors (Lipinski definition) is 1. The Labute approximate surface area is 185 Å². The van der Waals surface area contributed by atoms with E-state index in [1.54, 1.807) is 24.0 Å². The molecule has 0 atom stereocenters. The van der Waals surface area contributed by atoms with Crippen molar-refractivity contribution < 1.29 is 18.0 Å². The summed E-state index contributed by atoms with van der Waals surface area (Å²) >= 11 is 0. The highest BCUT2D eigenvalue weighted by Crippen LogP contribution is 2.21. The van der Waals surface area contributed by atoms with Gasteiger partial charge < -0.3 is 14.7 Å². The first kappa shape index (κ1) is 23.7. The molecule has 0 radical (unpaired) electrons. The van der Waals surface area contributed by atoms with Gasteiger partial charge in [-0.2, -0.15) is 0 Å². The fourth-order valence-corrected chi connectivity index (χ4v) is 5.55. The maximum absolute atomic E-state index is 12.7. The predicted molar refractivity (Wildman–Crippen MR) is 119 cm³/mol. The molecular formula is C22H34N4O4S. The highest BCUT2D eigenvalue weighted by Gasteiger charge is 2.31. The molecule has 0 aliphatic carbocycles. The lowest BCUT2D eigenvalue weighted by Gasteiger charge is -2.37. The van der Waals surface area contributed by atoms with Gasteiger partial charge in [0.2, 0.25) is 21.8 Å². The van der Waals surface area contributed by atoms with Crippen LogP contribution in [0.3, 0.4) is 0 Å². The standard InChI is InChI=1S/C22H34N4O4S/c1-17-4-5-18(2)20(16-17)31(29,30)23-9-6-21(27)25-10-7-19(8-11-25)22(28)26-14-12-24(3)13-15-26/h4-5,16,19,23H,6-15H2,1-3H3. The molecule has 2 heterocycles. The number of amides is 2. The van der Waals surface area contributed by atoms with E-state index in [-0.39, 0.29) is 35.6 Å². The molecule has 2 saturated heterocycles. The number of piperazine rings is 1. The summed E-state index contributed by atoms with van der Waals surface area (Å²) < 4.78 is 27.7. The zero-order chi connectivity index (χ0) is 22.6. The third-order valence-electron chi connectivity index (χ3n) is 6.28. The summed E-state index contributed by atoms with van der Waals surface area (Å²) in [5.74, 6) is 0.117. The van der Waals surface area contributed by atoms with Crippen molar-refractivity contribution in [3.63, 3.8) is 0 Å². The molecule has 31 heavy (non-hydrogen) atoms. The Hall–Kier alpha value is -1.97. The summed E-state index contributed by atoms with van der Waals surface area (Å²) in [6.07, 6.45) is 1.46. The number of rotatable bonds is 6. The molecule has 0 unspecified atom stereocenters. The Morgan fingerprint density at radius 3 is 2.29 bits per heavy atom. The smallest absolute Gasteiger partial charge is 0.240 e. The number of nitrogens with zero attached hydrogens (tertiary/aromatic N) is 3. The summed E-state index contributed by atoms with van der Waals surface area (Å²) in [6.45, 7) is 8.12. The number of hydrogen-bond acceptors (Lipinski definition) is 5. The predicted octanol–water partition coefficient (Wildman–Crippen LogP) is 0.984. The second kappa shape index (κ2) is 10.1. The lowest BCUT2D eigenvalue weighted by atomic mass is 9.94. The van der Waals surface area contributed by atoms with Crippen molar-refractivity contribution in [2.24, 2.45) is 5.92 Å². The molecular weight excluding hydrogens is 416 g/mol. The summed E-state index contributed by atoms with van der Waals surface area (Å²) in [5.41, 5.74) is 1.55. The summed E-state index contributed by atoms with van der Waals surface area (Å²) in [5, 5.41) is 0. The number of likely N-dealkylation sites (tertiary alicyclic amines) is 1. The molecule has 2 aliphatic heterocycles. The SMILES string of the molecule is Cc1ccc(C)c(S(=O)(=O)NCCC(=O)N2CCC(C(=O)N3CCN(C)CC3)CC2)c1. The zero-order valence-corrected chi connectivity index (χ0v) is 19.6. The van der Waals surface area contributed by atoms with E-state index in [4.69, 9.17) is 0 Å². The Balaban J connectivity index is 1.44. The number of sulfonamides is 1. The maximum Gasteiger partial charge on any atom is 0.240 e. The van der Waals surface area contributed by atoms with Crippen molar-refractivity contribution in [3.05, 3.63) is 29.3 Å². The topological polar surface area (TPSA) is 90.0 Å². The Morgan fingerprint density at radius 1 is 1.00 bits per heavy atom. The van der Waals surface area contributed by atoms with Crippen LogP contribution in [0.25, 0.3) is 0 Å². The van der Waals surface area contributed by atoms with Gasteiger partial charge in [-0.15, -0.1) is 0 Å². The molecule has 0 saturated carbocycles. The van der Waals surface area contributed by atoms with Crippen LogP contribution in [0.2, 0.25) is 0 Å². The van der Waals surface area contributed by atoms with Crippen LogP contribution in [0.4, 0.5) is 0 Å². The van der Waals surface area contributed by atoms with E-state index >= 15 is 0 Å². The van der Waals surface area contributed by atoms with Crippen LogP contribution in [0, 0.1) is 19.8 Å². The number of piperidine rings is 1. The van der Waals surface area contributed by atoms with E-state index < -0.39 is 10.0 Å². The number of benzene rings is 1. The molecule has 172 valence electrons. The molecule has 1 N–H and O–H groups in total. The average molecular weight is 451 g/mol. The number of aryl methyl sites for hydroxylation is 2. The van der Waals surface area contributed by atoms with Crippen molar-refractivity contribution >= 4 is 21.8 Å². The van der Waals surface area contributed by atoms with Crippen molar-refractivity contribution in [3.8, 4) is 0 Å². The number of carbonyl (C=O) groups is 2. The first-order chi connectivity index (χ1) is 14.7. The average Bonchev–Trinajstić information content (AvgIpc) is 2.75. The van der Waals surface area contributed by atoms with Gasteiger partial charge in [-0.1, -0.05) is 12.1 Å². The monoisotopic (exact) mass is 450 g/mol. The van der Waals surface area contributed by atoms with Crippen LogP contribution in [0.5, 0.6) is 0 Å². The minimum absolute atomic E-state index is 0.0183. The van der Waals surface area contributed by atoms with Gasteiger partial charge in [0, 0.05) is 58.2 Å². The normalized spacial score (nSPS) is 18.9. The van der Waals surface area contributed by atoms with Gasteiger partial charge in [-0.3, -0.25) is 9.59 Å². The highest BCUT2D eigenvalue weighted by molar-refractivity contribution is 7.89. The van der Waals surface area contributed by atoms with Gasteiger partial charge in [-0.05, 0) is 50.9 Å². The van der Waals surface area contributed by atoms with E-state index in [0.29, 0.717) is 31.5 Å². The molecule has 0 spiro atoms. The van der Waals surface area contributed by atoms with Crippen molar-refractivity contribution in [1.82, 2.24) is 19.4 Å². The zero-order valence-electron chi connectivity index (χ0n) is 18.8. The largest absolute Gasteiger partial charge is 0.343 e. The summed E-state index contributed by atoms with van der Waals surface area (Å²) in [4.78, 5) is 31.5. The van der Waals surface area contributed by atoms with Gasteiger partial charge in [0.1, 0.15) is 0 Å². The van der Waals surface area contributed by atoms with E-state index in [1.165, 1.54) is 0 Å². The van der Waals surface area contributed by atoms with Crippen LogP contribution >= 0.6 is 0 Å². The number of nitrogens with one attached hydrogen (secondary N) is 1. The van der Waals surface area contributed by atoms with Crippen LogP contribution in [0.1, 0.15) is 30.4 Å². The van der Waals surface area contributed by atoms with Crippen LogP contribution in [-0.2, 0) is 19.6 Å². The van der Waals surface area contributed by atoms with Crippen molar-refractivity contribution in [1.29, 1.82) is 0 Å². The fraction of sp³-hybridized carbons (Fsp3) is 0.636. The quantitative estimate of drug-likeness (QED) is 0.698. The Bertz CT molecular complexity index is 902. The second-order valence-corrected chi connectivity index (χ2v) is 10.4. The minimum atomic E-state index is -3.65. The molecule has 8 nitrogen and oxygen atoms in total. The summed E-state index contributed by atoms with van der Waals surface area (Å²) in [6, 6.07) is 5.29. The van der Waals surface area contributed by atoms with E-state index in [0.717, 1.165) is 31.7 Å². The van der Waals surface area contributed by atoms with Gasteiger partial charge in [0.15, 0.2) is 0 Å². The van der Waals surface area contributed by atoms with Gasteiger partial charge in [-0.25, -0.2) is 13.1 Å². The lowest BCUT2D eigenvalue weighted by Crippen LogP contribution is -2.51. The third kappa shape index (κ3) is 6.05. The molecule has 0 bridgehead atoms. The first-order valence-corrected chi connectivity index (χ1v) is 12.5. The van der Waals surface area contributed by atoms with Gasteiger partial charge >= 0.3 is 0 Å². The molecule has 2 aliphatic rings. The number of likely N-dealkylation sites (N-methyl/N-ethyl adjacent to an activating group) is 1. The lowest BCUT2D eigenvalue weighted by molar-refractivity contribution is -0.141. The van der Waals surface area contributed by atoms with Crippen molar-refractivity contribution in [2.45, 2.75) is 38.0 Å². The second-order valence-electron chi connectivity index (χ2n) is 8.70. The van der Waals surface area contributed by atoms with E-state index in [9.17, 15) is 18.0 Å². The first-order valence-electron chi connectivity index (χ1n) is 11.0. The summed E-state index contributed by atoms with van der Waals surface area (Å²) in [7, 11) is -1.59. The molecule has 9 heteroatoms. The van der Waals surface area contributed by atoms with Gasteiger partial charge in [0.05, 0.1) is 4.90 Å². The Morgan fingerprint density at radius 2 is 1.65 bits per heavy atom. The van der Waals surface area contributed by atoms with E-state index in [2.05, 4.69) is 16.7 Å². The van der Waals surface area contributed by atoms with Crippen LogP contribution in [-0.4, -0.2) is 87.8 Å². The molecule has 1 aromatic carbocycles. The molecule has 2 amide bonds. The van der Waals surface area contributed by atoms with Crippen LogP contribution in [0.15, 0.2) is 23.1 Å². The van der Waals surface area contributed by atoms with Crippen molar-refractivity contribution in [2.75, 3.05) is 52.9 Å². The Kier molecular flexibility index (Phi) is 7.72. The van der Waals surface area contributed by atoms with E-state index in [1.807, 2.05) is 17.9 Å². The molecule has 2 fully saturated rings. The number of carbonyl (C=O) groups excluding carboxylic acids is 2.